The fourth-order valence-electron chi connectivity index (χ4n) is 3.13. The molecule has 0 atom stereocenters. The van der Waals surface area contributed by atoms with E-state index in [4.69, 9.17) is 9.47 Å². The number of hydrogen-bond acceptors (Lipinski definition) is 7. The van der Waals surface area contributed by atoms with Crippen LogP contribution in [-0.2, 0) is 12.1 Å². The highest BCUT2D eigenvalue weighted by molar-refractivity contribution is 5.32. The Kier molecular flexibility index (Phi) is 5.06. The summed E-state index contributed by atoms with van der Waals surface area (Å²) in [5.41, 5.74) is 0.719. The monoisotopic (exact) mass is 345 g/mol. The normalized spacial score (nSPS) is 17.2. The summed E-state index contributed by atoms with van der Waals surface area (Å²) in [4.78, 5) is 10.6. The molecule has 0 saturated carbocycles. The van der Waals surface area contributed by atoms with Crippen LogP contribution in [0.1, 0.15) is 24.0 Å². The van der Waals surface area contributed by atoms with Gasteiger partial charge in [-0.05, 0) is 30.5 Å². The van der Waals surface area contributed by atoms with E-state index >= 15 is 0 Å². The molecule has 0 aliphatic carbocycles. The van der Waals surface area contributed by atoms with Gasteiger partial charge in [0.15, 0.2) is 0 Å². The van der Waals surface area contributed by atoms with Crippen molar-refractivity contribution in [2.75, 3.05) is 27.3 Å². The number of rotatable bonds is 5. The maximum Gasteiger partial charge on any atom is 0.319 e. The first-order valence-corrected chi connectivity index (χ1v) is 8.22. The van der Waals surface area contributed by atoms with E-state index in [1.165, 1.54) is 14.2 Å². The van der Waals surface area contributed by atoms with Crippen molar-refractivity contribution in [1.82, 2.24) is 14.9 Å². The van der Waals surface area contributed by atoms with Gasteiger partial charge < -0.3 is 19.7 Å². The summed E-state index contributed by atoms with van der Waals surface area (Å²) in [6, 6.07) is 7.42. The van der Waals surface area contributed by atoms with Gasteiger partial charge in [-0.1, -0.05) is 12.1 Å². The summed E-state index contributed by atoms with van der Waals surface area (Å²) in [7, 11) is 3.01. The highest BCUT2D eigenvalue weighted by Gasteiger charge is 2.37. The molecule has 25 heavy (non-hydrogen) atoms. The zero-order valence-corrected chi connectivity index (χ0v) is 14.5. The van der Waals surface area contributed by atoms with Gasteiger partial charge in [-0.3, -0.25) is 4.90 Å². The summed E-state index contributed by atoms with van der Waals surface area (Å²) in [6.07, 6.45) is 2.72. The minimum absolute atomic E-state index is 0.217. The van der Waals surface area contributed by atoms with Gasteiger partial charge in [0.05, 0.1) is 25.4 Å². The van der Waals surface area contributed by atoms with E-state index in [2.05, 4.69) is 14.9 Å². The third kappa shape index (κ3) is 3.83. The molecule has 7 nitrogen and oxygen atoms in total. The molecule has 0 spiro atoms. The molecular weight excluding hydrogens is 322 g/mol. The Morgan fingerprint density at radius 3 is 2.40 bits per heavy atom. The van der Waals surface area contributed by atoms with Crippen LogP contribution in [0, 0.1) is 0 Å². The first-order chi connectivity index (χ1) is 12.0. The predicted octanol–water partition coefficient (Wildman–Crippen LogP) is 1.68. The molecule has 134 valence electrons. The number of benzene rings is 1. The minimum Gasteiger partial charge on any atom is -0.508 e. The number of phenolic OH excluding ortho intramolecular Hbond substituents is 1. The van der Waals surface area contributed by atoms with Gasteiger partial charge >= 0.3 is 6.01 Å². The topological polar surface area (TPSA) is 87.9 Å². The number of aromatic nitrogens is 2. The average molecular weight is 345 g/mol. The van der Waals surface area contributed by atoms with E-state index in [1.54, 1.807) is 18.3 Å². The van der Waals surface area contributed by atoms with E-state index < -0.39 is 5.60 Å². The van der Waals surface area contributed by atoms with E-state index in [0.29, 0.717) is 24.3 Å². The molecule has 2 heterocycles. The fourth-order valence-corrected chi connectivity index (χ4v) is 3.13. The van der Waals surface area contributed by atoms with E-state index in [-0.39, 0.29) is 11.8 Å². The number of phenols is 1. The van der Waals surface area contributed by atoms with Crippen LogP contribution in [0.2, 0.25) is 0 Å². The fraction of sp³-hybridized carbons (Fsp3) is 0.444. The Morgan fingerprint density at radius 1 is 1.12 bits per heavy atom. The summed E-state index contributed by atoms with van der Waals surface area (Å²) >= 11 is 0. The molecule has 1 aromatic carbocycles. The number of nitrogens with zero attached hydrogens (tertiary/aromatic N) is 3. The van der Waals surface area contributed by atoms with Gasteiger partial charge in [0.25, 0.3) is 0 Å². The standard InChI is InChI=1S/C18H23N3O4/c1-24-16-15(11-19-17(20-16)25-2)18(23)7-9-21(10-8-18)12-13-3-5-14(22)6-4-13/h3-6,11,22-23H,7-10,12H2,1-2H3. The molecule has 2 N–H and O–H groups in total. The SMILES string of the molecule is COc1ncc(C2(O)CCN(Cc3ccc(O)cc3)CC2)c(OC)n1. The zero-order chi connectivity index (χ0) is 17.9. The lowest BCUT2D eigenvalue weighted by Crippen LogP contribution is -2.42. The van der Waals surface area contributed by atoms with Crippen LogP contribution >= 0.6 is 0 Å². The molecule has 1 saturated heterocycles. The maximum atomic E-state index is 11.1. The summed E-state index contributed by atoms with van der Waals surface area (Å²) in [6.45, 7) is 2.27. The van der Waals surface area contributed by atoms with Crippen molar-refractivity contribution in [2.24, 2.45) is 0 Å². The molecule has 1 aliphatic rings. The Hall–Kier alpha value is -2.38. The lowest BCUT2D eigenvalue weighted by Gasteiger charge is -2.38. The van der Waals surface area contributed by atoms with Gasteiger partial charge in [-0.2, -0.15) is 4.98 Å². The number of methoxy groups -OCH3 is 2. The zero-order valence-electron chi connectivity index (χ0n) is 14.5. The molecule has 1 fully saturated rings. The van der Waals surface area contributed by atoms with E-state index in [0.717, 1.165) is 25.2 Å². The summed E-state index contributed by atoms with van der Waals surface area (Å²) < 4.78 is 10.3. The molecule has 7 heteroatoms. The third-order valence-corrected chi connectivity index (χ3v) is 4.63. The van der Waals surface area contributed by atoms with Gasteiger partial charge in [-0.15, -0.1) is 0 Å². The summed E-state index contributed by atoms with van der Waals surface area (Å²) in [5, 5.41) is 20.4. The van der Waals surface area contributed by atoms with Gasteiger partial charge in [0, 0.05) is 25.8 Å². The molecular formula is C18H23N3O4. The van der Waals surface area contributed by atoms with Crippen LogP contribution in [-0.4, -0.2) is 52.4 Å². The van der Waals surface area contributed by atoms with Gasteiger partial charge in [0.1, 0.15) is 5.75 Å². The van der Waals surface area contributed by atoms with Crippen molar-refractivity contribution in [2.45, 2.75) is 25.0 Å². The first kappa shape index (κ1) is 17.4. The lowest BCUT2D eigenvalue weighted by atomic mass is 9.85. The number of hydrogen-bond donors (Lipinski definition) is 2. The van der Waals surface area contributed by atoms with Crippen LogP contribution in [0.3, 0.4) is 0 Å². The number of aliphatic hydroxyl groups is 1. The number of ether oxygens (including phenoxy) is 2. The molecule has 1 aromatic heterocycles. The predicted molar refractivity (Wildman–Crippen MR) is 91.7 cm³/mol. The molecule has 2 aromatic rings. The van der Waals surface area contributed by atoms with Crippen molar-refractivity contribution in [3.8, 4) is 17.6 Å². The second-order valence-electron chi connectivity index (χ2n) is 6.25. The Balaban J connectivity index is 1.69. The van der Waals surface area contributed by atoms with Crippen molar-refractivity contribution in [3.05, 3.63) is 41.6 Å². The molecule has 0 unspecified atom stereocenters. The maximum absolute atomic E-state index is 11.1. The van der Waals surface area contributed by atoms with Crippen LogP contribution in [0.25, 0.3) is 0 Å². The van der Waals surface area contributed by atoms with Crippen LogP contribution in [0.5, 0.6) is 17.6 Å². The van der Waals surface area contributed by atoms with Crippen LogP contribution < -0.4 is 9.47 Å². The Bertz CT molecular complexity index is 713. The van der Waals surface area contributed by atoms with Crippen LogP contribution in [0.15, 0.2) is 30.5 Å². The first-order valence-electron chi connectivity index (χ1n) is 8.22. The Morgan fingerprint density at radius 2 is 1.80 bits per heavy atom. The molecule has 1 aliphatic heterocycles. The molecule has 0 bridgehead atoms. The highest BCUT2D eigenvalue weighted by atomic mass is 16.5. The highest BCUT2D eigenvalue weighted by Crippen LogP contribution is 2.37. The van der Waals surface area contributed by atoms with Crippen molar-refractivity contribution < 1.29 is 19.7 Å². The van der Waals surface area contributed by atoms with E-state index in [1.807, 2.05) is 12.1 Å². The average Bonchev–Trinajstić information content (AvgIpc) is 2.65. The van der Waals surface area contributed by atoms with Crippen molar-refractivity contribution >= 4 is 0 Å². The van der Waals surface area contributed by atoms with Gasteiger partial charge in [0.2, 0.25) is 5.88 Å². The van der Waals surface area contributed by atoms with E-state index in [9.17, 15) is 10.2 Å². The molecule has 3 rings (SSSR count). The number of piperidine rings is 1. The number of aromatic hydroxyl groups is 1. The van der Waals surface area contributed by atoms with Crippen LogP contribution in [0.4, 0.5) is 0 Å². The third-order valence-electron chi connectivity index (χ3n) is 4.63. The summed E-state index contributed by atoms with van der Waals surface area (Å²) in [5.74, 6) is 0.615. The Labute approximate surface area is 146 Å². The minimum atomic E-state index is -1.01. The van der Waals surface area contributed by atoms with Gasteiger partial charge in [-0.25, -0.2) is 4.98 Å². The molecule has 0 amide bonds. The second kappa shape index (κ2) is 7.25. The van der Waals surface area contributed by atoms with Crippen molar-refractivity contribution in [3.63, 3.8) is 0 Å². The van der Waals surface area contributed by atoms with Crippen molar-refractivity contribution in [1.29, 1.82) is 0 Å². The smallest absolute Gasteiger partial charge is 0.319 e. The lowest BCUT2D eigenvalue weighted by molar-refractivity contribution is -0.0300. The largest absolute Gasteiger partial charge is 0.508 e. The quantitative estimate of drug-likeness (QED) is 0.852. The number of likely N-dealkylation sites (tertiary alicyclic amines) is 1. The second-order valence-corrected chi connectivity index (χ2v) is 6.25. The molecule has 0 radical (unpaired) electrons.